The first-order valence-corrected chi connectivity index (χ1v) is 5.16. The molecule has 3 nitrogen and oxygen atoms in total. The maximum Gasteiger partial charge on any atom is 0.311 e. The third-order valence-electron chi connectivity index (χ3n) is 2.83. The smallest absolute Gasteiger partial charge is 0.311 e. The van der Waals surface area contributed by atoms with Gasteiger partial charge in [-0.15, -0.1) is 0 Å². The van der Waals surface area contributed by atoms with Crippen LogP contribution < -0.4 is 4.74 Å². The summed E-state index contributed by atoms with van der Waals surface area (Å²) in [6, 6.07) is 5.73. The lowest BCUT2D eigenvalue weighted by Crippen LogP contribution is -2.08. The topological polar surface area (TPSA) is 46.5 Å². The molecule has 3 unspecified atom stereocenters. The molecule has 0 amide bonds. The highest BCUT2D eigenvalue weighted by Crippen LogP contribution is 2.58. The first kappa shape index (κ1) is 8.29. The number of rotatable bonds is 1. The van der Waals surface area contributed by atoms with Crippen LogP contribution in [0.2, 0.25) is 0 Å². The van der Waals surface area contributed by atoms with Gasteiger partial charge >= 0.3 is 5.97 Å². The average Bonchev–Trinajstić information content (AvgIpc) is 2.73. The van der Waals surface area contributed by atoms with E-state index >= 15 is 0 Å². The van der Waals surface area contributed by atoms with Crippen LogP contribution in [-0.4, -0.2) is 17.2 Å². The summed E-state index contributed by atoms with van der Waals surface area (Å²) in [6.45, 7) is 0. The zero-order chi connectivity index (χ0) is 9.87. The van der Waals surface area contributed by atoms with E-state index in [2.05, 4.69) is 15.9 Å². The average molecular weight is 255 g/mol. The second-order valence-electron chi connectivity index (χ2n) is 3.65. The van der Waals surface area contributed by atoms with Crippen LogP contribution in [0.4, 0.5) is 0 Å². The van der Waals surface area contributed by atoms with Crippen molar-refractivity contribution in [2.45, 2.75) is 12.0 Å². The van der Waals surface area contributed by atoms with E-state index in [9.17, 15) is 4.79 Å². The molecule has 1 aliphatic heterocycles. The van der Waals surface area contributed by atoms with Crippen molar-refractivity contribution in [2.75, 3.05) is 0 Å². The van der Waals surface area contributed by atoms with Crippen LogP contribution in [0.1, 0.15) is 11.5 Å². The number of carboxylic acids is 1. The van der Waals surface area contributed by atoms with Crippen molar-refractivity contribution < 1.29 is 14.6 Å². The summed E-state index contributed by atoms with van der Waals surface area (Å²) in [7, 11) is 0. The predicted molar refractivity (Wildman–Crippen MR) is 52.4 cm³/mol. The molecule has 0 saturated heterocycles. The first-order valence-electron chi connectivity index (χ1n) is 4.37. The molecule has 0 radical (unpaired) electrons. The molecule has 0 aromatic heterocycles. The van der Waals surface area contributed by atoms with Gasteiger partial charge in [-0.3, -0.25) is 4.79 Å². The quantitative estimate of drug-likeness (QED) is 0.834. The van der Waals surface area contributed by atoms with E-state index in [1.165, 1.54) is 0 Å². The lowest BCUT2D eigenvalue weighted by Gasteiger charge is -2.05. The van der Waals surface area contributed by atoms with Crippen LogP contribution in [0, 0.1) is 5.92 Å². The van der Waals surface area contributed by atoms with E-state index in [0.717, 1.165) is 15.8 Å². The van der Waals surface area contributed by atoms with Crippen LogP contribution in [0.15, 0.2) is 22.7 Å². The molecule has 1 aromatic carbocycles. The highest BCUT2D eigenvalue weighted by atomic mass is 79.9. The van der Waals surface area contributed by atoms with Crippen molar-refractivity contribution in [1.29, 1.82) is 0 Å². The molecule has 1 aromatic rings. The van der Waals surface area contributed by atoms with Crippen molar-refractivity contribution in [3.8, 4) is 5.75 Å². The van der Waals surface area contributed by atoms with Gasteiger partial charge in [0.25, 0.3) is 0 Å². The van der Waals surface area contributed by atoms with Crippen molar-refractivity contribution in [1.82, 2.24) is 0 Å². The Morgan fingerprint density at radius 2 is 2.29 bits per heavy atom. The number of hydrogen-bond donors (Lipinski definition) is 1. The van der Waals surface area contributed by atoms with Crippen molar-refractivity contribution in [3.05, 3.63) is 28.2 Å². The second-order valence-corrected chi connectivity index (χ2v) is 4.57. The third kappa shape index (κ3) is 0.945. The number of ether oxygens (including phenoxy) is 1. The van der Waals surface area contributed by atoms with Crippen LogP contribution in [0.25, 0.3) is 0 Å². The highest BCUT2D eigenvalue weighted by molar-refractivity contribution is 9.10. The first-order chi connectivity index (χ1) is 6.68. The number of fused-ring (bicyclic) bond motifs is 3. The zero-order valence-corrected chi connectivity index (χ0v) is 8.69. The molecule has 1 aliphatic carbocycles. The van der Waals surface area contributed by atoms with Gasteiger partial charge in [-0.1, -0.05) is 15.9 Å². The Labute approximate surface area is 88.8 Å². The minimum absolute atomic E-state index is 0.0694. The molecule has 2 aliphatic rings. The van der Waals surface area contributed by atoms with Gasteiger partial charge in [0.1, 0.15) is 17.8 Å². The number of carbonyl (C=O) groups is 1. The maximum atomic E-state index is 10.8. The Morgan fingerprint density at radius 1 is 1.50 bits per heavy atom. The second kappa shape index (κ2) is 2.51. The SMILES string of the molecule is O=C(O)C1C2Oc3ccc(Br)cc3C21. The van der Waals surface area contributed by atoms with Crippen LogP contribution in [0.5, 0.6) is 5.75 Å². The lowest BCUT2D eigenvalue weighted by atomic mass is 10.1. The normalized spacial score (nSPS) is 31.6. The molecule has 0 bridgehead atoms. The fourth-order valence-corrected chi connectivity index (χ4v) is 2.51. The highest BCUT2D eigenvalue weighted by Gasteiger charge is 2.62. The molecule has 4 heteroatoms. The molecule has 1 saturated carbocycles. The predicted octanol–water partition coefficient (Wildman–Crippen LogP) is 2.01. The maximum absolute atomic E-state index is 10.8. The van der Waals surface area contributed by atoms with Gasteiger partial charge in [-0.25, -0.2) is 0 Å². The minimum Gasteiger partial charge on any atom is -0.489 e. The number of aliphatic carboxylic acids is 1. The van der Waals surface area contributed by atoms with E-state index in [1.807, 2.05) is 18.2 Å². The molecule has 72 valence electrons. The Balaban J connectivity index is 2.01. The summed E-state index contributed by atoms with van der Waals surface area (Å²) in [5.74, 6) is -0.192. The van der Waals surface area contributed by atoms with E-state index in [-0.39, 0.29) is 17.9 Å². The summed E-state index contributed by atoms with van der Waals surface area (Å²) in [5, 5.41) is 8.86. The summed E-state index contributed by atoms with van der Waals surface area (Å²) in [4.78, 5) is 10.8. The zero-order valence-electron chi connectivity index (χ0n) is 7.11. The monoisotopic (exact) mass is 254 g/mol. The summed E-state index contributed by atoms with van der Waals surface area (Å²) >= 11 is 3.36. The van der Waals surface area contributed by atoms with E-state index < -0.39 is 5.97 Å². The van der Waals surface area contributed by atoms with Gasteiger partial charge < -0.3 is 9.84 Å². The van der Waals surface area contributed by atoms with Gasteiger partial charge in [0, 0.05) is 16.0 Å². The van der Waals surface area contributed by atoms with Gasteiger partial charge in [0.05, 0.1) is 0 Å². The largest absolute Gasteiger partial charge is 0.489 e. The van der Waals surface area contributed by atoms with Gasteiger partial charge in [-0.05, 0) is 18.2 Å². The number of halogens is 1. The summed E-state index contributed by atoms with van der Waals surface area (Å²) in [6.07, 6.45) is -0.128. The van der Waals surface area contributed by atoms with E-state index in [4.69, 9.17) is 9.84 Å². The molecular weight excluding hydrogens is 248 g/mol. The molecular formula is C10H7BrO3. The fraction of sp³-hybridized carbons (Fsp3) is 0.300. The molecule has 3 atom stereocenters. The molecule has 1 N–H and O–H groups in total. The fourth-order valence-electron chi connectivity index (χ4n) is 2.13. The van der Waals surface area contributed by atoms with Crippen LogP contribution in [-0.2, 0) is 4.79 Å². The molecule has 1 heterocycles. The molecule has 0 spiro atoms. The molecule has 14 heavy (non-hydrogen) atoms. The Morgan fingerprint density at radius 3 is 3.00 bits per heavy atom. The Bertz CT molecular complexity index is 429. The number of hydrogen-bond acceptors (Lipinski definition) is 2. The Kier molecular flexibility index (Phi) is 1.49. The van der Waals surface area contributed by atoms with Gasteiger partial charge in [0.2, 0.25) is 0 Å². The standard InChI is InChI=1S/C10H7BrO3/c11-4-1-2-6-5(3-4)7-8(10(12)13)9(7)14-6/h1-3,7-9H,(H,12,13). The summed E-state index contributed by atoms with van der Waals surface area (Å²) in [5.41, 5.74) is 1.02. The summed E-state index contributed by atoms with van der Waals surface area (Å²) < 4.78 is 6.48. The number of benzene rings is 1. The third-order valence-corrected chi connectivity index (χ3v) is 3.33. The van der Waals surface area contributed by atoms with E-state index in [1.54, 1.807) is 0 Å². The van der Waals surface area contributed by atoms with Crippen LogP contribution in [0.3, 0.4) is 0 Å². The number of carboxylic acid groups (broad SMARTS) is 1. The van der Waals surface area contributed by atoms with Crippen LogP contribution >= 0.6 is 15.9 Å². The Hall–Kier alpha value is -1.03. The van der Waals surface area contributed by atoms with Crippen molar-refractivity contribution in [3.63, 3.8) is 0 Å². The van der Waals surface area contributed by atoms with Gasteiger partial charge in [0.15, 0.2) is 0 Å². The molecule has 3 rings (SSSR count). The van der Waals surface area contributed by atoms with Crippen molar-refractivity contribution in [2.24, 2.45) is 5.92 Å². The van der Waals surface area contributed by atoms with E-state index in [0.29, 0.717) is 0 Å². The molecule has 1 fully saturated rings. The lowest BCUT2D eigenvalue weighted by molar-refractivity contribution is -0.139. The van der Waals surface area contributed by atoms with Gasteiger partial charge in [-0.2, -0.15) is 0 Å². The minimum atomic E-state index is -0.759. The van der Waals surface area contributed by atoms with Crippen molar-refractivity contribution >= 4 is 21.9 Å².